The van der Waals surface area contributed by atoms with Crippen LogP contribution < -0.4 is 10.2 Å². The van der Waals surface area contributed by atoms with Gasteiger partial charge in [-0.3, -0.25) is 14.5 Å². The molecule has 0 radical (unpaired) electrons. The van der Waals surface area contributed by atoms with E-state index >= 15 is 0 Å². The van der Waals surface area contributed by atoms with Gasteiger partial charge >= 0.3 is 0 Å². The molecular formula is C14H17FN2O2. The van der Waals surface area contributed by atoms with Crippen LogP contribution in [-0.4, -0.2) is 24.4 Å². The van der Waals surface area contributed by atoms with Gasteiger partial charge in [0.05, 0.1) is 12.2 Å². The summed E-state index contributed by atoms with van der Waals surface area (Å²) in [5.74, 6) is -0.837. The first-order valence-corrected chi connectivity index (χ1v) is 6.28. The van der Waals surface area contributed by atoms with E-state index in [1.165, 1.54) is 11.0 Å². The van der Waals surface area contributed by atoms with Gasteiger partial charge in [-0.2, -0.15) is 0 Å². The van der Waals surface area contributed by atoms with E-state index in [1.54, 1.807) is 19.1 Å². The number of hydrogen-bond donors (Lipinski definition) is 1. The summed E-state index contributed by atoms with van der Waals surface area (Å²) < 4.78 is 13.6. The first-order valence-electron chi connectivity index (χ1n) is 6.28. The Morgan fingerprint density at radius 3 is 2.68 bits per heavy atom. The Bertz CT molecular complexity index is 528. The summed E-state index contributed by atoms with van der Waals surface area (Å²) in [6, 6.07) is 3.97. The molecule has 1 fully saturated rings. The number of halogens is 1. The van der Waals surface area contributed by atoms with E-state index < -0.39 is 6.04 Å². The maximum atomic E-state index is 13.6. The van der Waals surface area contributed by atoms with E-state index in [0.29, 0.717) is 11.3 Å². The van der Waals surface area contributed by atoms with Gasteiger partial charge in [-0.25, -0.2) is 4.39 Å². The average Bonchev–Trinajstić information content (AvgIpc) is 2.35. The van der Waals surface area contributed by atoms with Crippen molar-refractivity contribution in [1.29, 1.82) is 0 Å². The fourth-order valence-electron chi connectivity index (χ4n) is 2.37. The number of carbonyl (C=O) groups excluding carboxylic acids is 2. The minimum Gasteiger partial charge on any atom is -0.345 e. The first-order chi connectivity index (χ1) is 8.93. The number of nitrogens with one attached hydrogen (secondary N) is 1. The zero-order valence-corrected chi connectivity index (χ0v) is 11.2. The Morgan fingerprint density at radius 2 is 2.05 bits per heavy atom. The lowest BCUT2D eigenvalue weighted by Gasteiger charge is -2.37. The topological polar surface area (TPSA) is 49.4 Å². The SMILES string of the molecule is Cc1c(F)cccc1N1C(=O)CNC(=O)C1C(C)C. The summed E-state index contributed by atoms with van der Waals surface area (Å²) in [7, 11) is 0. The molecule has 2 amide bonds. The van der Waals surface area contributed by atoms with Crippen molar-refractivity contribution < 1.29 is 14.0 Å². The lowest BCUT2D eigenvalue weighted by Crippen LogP contribution is -2.60. The molecule has 1 aromatic carbocycles. The Hall–Kier alpha value is -1.91. The molecule has 19 heavy (non-hydrogen) atoms. The van der Waals surface area contributed by atoms with Crippen LogP contribution in [0.3, 0.4) is 0 Å². The van der Waals surface area contributed by atoms with Crippen molar-refractivity contribution in [3.05, 3.63) is 29.6 Å². The molecule has 1 atom stereocenters. The second kappa shape index (κ2) is 4.99. The first kappa shape index (κ1) is 13.5. The van der Waals surface area contributed by atoms with Crippen LogP contribution in [0.15, 0.2) is 18.2 Å². The number of piperazine rings is 1. The van der Waals surface area contributed by atoms with Crippen molar-refractivity contribution in [3.8, 4) is 0 Å². The van der Waals surface area contributed by atoms with Gasteiger partial charge in [0.1, 0.15) is 11.9 Å². The molecule has 1 unspecified atom stereocenters. The van der Waals surface area contributed by atoms with Crippen LogP contribution in [0.5, 0.6) is 0 Å². The van der Waals surface area contributed by atoms with Crippen molar-refractivity contribution in [2.45, 2.75) is 26.8 Å². The fourth-order valence-corrected chi connectivity index (χ4v) is 2.37. The van der Waals surface area contributed by atoms with E-state index in [2.05, 4.69) is 5.32 Å². The van der Waals surface area contributed by atoms with Crippen LogP contribution in [0, 0.1) is 18.7 Å². The molecule has 4 nitrogen and oxygen atoms in total. The molecule has 102 valence electrons. The van der Waals surface area contributed by atoms with Crippen LogP contribution in [0.2, 0.25) is 0 Å². The predicted molar refractivity (Wildman–Crippen MR) is 70.3 cm³/mol. The summed E-state index contributed by atoms with van der Waals surface area (Å²) in [4.78, 5) is 25.5. The van der Waals surface area contributed by atoms with E-state index in [4.69, 9.17) is 0 Å². The zero-order valence-electron chi connectivity index (χ0n) is 11.2. The molecule has 0 spiro atoms. The number of carbonyl (C=O) groups is 2. The van der Waals surface area contributed by atoms with Gasteiger partial charge in [-0.15, -0.1) is 0 Å². The van der Waals surface area contributed by atoms with Crippen LogP contribution in [0.4, 0.5) is 10.1 Å². The summed E-state index contributed by atoms with van der Waals surface area (Å²) in [6.45, 7) is 5.30. The predicted octanol–water partition coefficient (Wildman–Crippen LogP) is 1.62. The molecule has 1 aliphatic heterocycles. The summed E-state index contributed by atoms with van der Waals surface area (Å²) in [5.41, 5.74) is 0.856. The lowest BCUT2D eigenvalue weighted by molar-refractivity contribution is -0.131. The molecule has 0 aromatic heterocycles. The Labute approximate surface area is 111 Å². The summed E-state index contributed by atoms with van der Waals surface area (Å²) in [5, 5.41) is 2.57. The van der Waals surface area contributed by atoms with Gasteiger partial charge < -0.3 is 5.32 Å². The minimum atomic E-state index is -0.596. The standard InChI is InChI=1S/C14H17FN2O2/c1-8(2)13-14(19)16-7-12(18)17(13)11-6-4-5-10(15)9(11)3/h4-6,8,13H,7H2,1-3H3,(H,16,19). The van der Waals surface area contributed by atoms with Crippen molar-refractivity contribution >= 4 is 17.5 Å². The van der Waals surface area contributed by atoms with Gasteiger partial charge in [-0.1, -0.05) is 19.9 Å². The van der Waals surface area contributed by atoms with Crippen LogP contribution >= 0.6 is 0 Å². The van der Waals surface area contributed by atoms with E-state index in [1.807, 2.05) is 13.8 Å². The molecule has 1 aromatic rings. The van der Waals surface area contributed by atoms with E-state index in [0.717, 1.165) is 0 Å². The maximum absolute atomic E-state index is 13.6. The Kier molecular flexibility index (Phi) is 3.55. The van der Waals surface area contributed by atoms with Crippen molar-refractivity contribution in [1.82, 2.24) is 5.32 Å². The van der Waals surface area contributed by atoms with Gasteiger partial charge in [0.15, 0.2) is 0 Å². The van der Waals surface area contributed by atoms with E-state index in [-0.39, 0.29) is 30.1 Å². The van der Waals surface area contributed by atoms with E-state index in [9.17, 15) is 14.0 Å². The van der Waals surface area contributed by atoms with Crippen molar-refractivity contribution in [2.24, 2.45) is 5.92 Å². The monoisotopic (exact) mass is 264 g/mol. The molecule has 0 aliphatic carbocycles. The van der Waals surface area contributed by atoms with Crippen LogP contribution in [0.1, 0.15) is 19.4 Å². The number of rotatable bonds is 2. The van der Waals surface area contributed by atoms with Gasteiger partial charge in [0.25, 0.3) is 0 Å². The Morgan fingerprint density at radius 1 is 1.37 bits per heavy atom. The van der Waals surface area contributed by atoms with Gasteiger partial charge in [0, 0.05) is 5.56 Å². The maximum Gasteiger partial charge on any atom is 0.247 e. The second-order valence-corrected chi connectivity index (χ2v) is 5.05. The minimum absolute atomic E-state index is 0.0436. The smallest absolute Gasteiger partial charge is 0.247 e. The molecular weight excluding hydrogens is 247 g/mol. The summed E-state index contributed by atoms with van der Waals surface area (Å²) in [6.07, 6.45) is 0. The second-order valence-electron chi connectivity index (χ2n) is 5.05. The highest BCUT2D eigenvalue weighted by molar-refractivity contribution is 6.07. The van der Waals surface area contributed by atoms with Gasteiger partial charge in [-0.05, 0) is 25.0 Å². The molecule has 1 saturated heterocycles. The lowest BCUT2D eigenvalue weighted by atomic mass is 9.97. The number of benzene rings is 1. The molecule has 2 rings (SSSR count). The van der Waals surface area contributed by atoms with Crippen LogP contribution in [-0.2, 0) is 9.59 Å². The molecule has 1 N–H and O–H groups in total. The quantitative estimate of drug-likeness (QED) is 0.882. The molecule has 1 heterocycles. The molecule has 0 saturated carbocycles. The Balaban J connectivity index is 2.51. The average molecular weight is 264 g/mol. The number of anilines is 1. The zero-order chi connectivity index (χ0) is 14.2. The number of nitrogens with zero attached hydrogens (tertiary/aromatic N) is 1. The molecule has 1 aliphatic rings. The van der Waals surface area contributed by atoms with Crippen LogP contribution in [0.25, 0.3) is 0 Å². The normalized spacial score (nSPS) is 19.8. The third-order valence-electron chi connectivity index (χ3n) is 3.36. The number of hydrogen-bond acceptors (Lipinski definition) is 2. The third-order valence-corrected chi connectivity index (χ3v) is 3.36. The van der Waals surface area contributed by atoms with Gasteiger partial charge in [0.2, 0.25) is 11.8 Å². The molecule has 0 bridgehead atoms. The van der Waals surface area contributed by atoms with Crippen molar-refractivity contribution in [3.63, 3.8) is 0 Å². The van der Waals surface area contributed by atoms with Crippen molar-refractivity contribution in [2.75, 3.05) is 11.4 Å². The highest BCUT2D eigenvalue weighted by Crippen LogP contribution is 2.28. The summed E-state index contributed by atoms with van der Waals surface area (Å²) >= 11 is 0. The largest absolute Gasteiger partial charge is 0.345 e. The number of amides is 2. The molecule has 5 heteroatoms. The fraction of sp³-hybridized carbons (Fsp3) is 0.429. The highest BCUT2D eigenvalue weighted by atomic mass is 19.1. The highest BCUT2D eigenvalue weighted by Gasteiger charge is 2.38. The third kappa shape index (κ3) is 2.32.